The molecule has 1 rings (SSSR count). The summed E-state index contributed by atoms with van der Waals surface area (Å²) in [5.41, 5.74) is -0.0186. The van der Waals surface area contributed by atoms with Crippen LogP contribution < -0.4 is 0 Å². The molecule has 5 heteroatoms. The number of benzene rings is 1. The second kappa shape index (κ2) is 4.57. The van der Waals surface area contributed by atoms with Crippen molar-refractivity contribution < 1.29 is 18.7 Å². The highest BCUT2D eigenvalue weighted by Gasteiger charge is 2.17. The largest absolute Gasteiger partial charge is 0.481 e. The average Bonchev–Trinajstić information content (AvgIpc) is 2.13. The van der Waals surface area contributed by atoms with E-state index in [1.165, 1.54) is 13.0 Å². The third kappa shape index (κ3) is 2.89. The van der Waals surface area contributed by atoms with E-state index in [2.05, 4.69) is 0 Å². The molecule has 0 aliphatic heterocycles. The van der Waals surface area contributed by atoms with Crippen LogP contribution in [-0.2, 0) is 11.2 Å². The summed E-state index contributed by atoms with van der Waals surface area (Å²) in [7, 11) is 0. The van der Waals surface area contributed by atoms with Gasteiger partial charge in [-0.25, -0.2) is 8.78 Å². The van der Waals surface area contributed by atoms with Crippen LogP contribution in [-0.4, -0.2) is 11.1 Å². The van der Waals surface area contributed by atoms with E-state index in [4.69, 9.17) is 16.7 Å². The number of hydrogen-bond acceptors (Lipinski definition) is 1. The molecule has 1 aromatic carbocycles. The standard InChI is InChI=1S/C10H9ClF2O2/c1-5(10(14)15)2-6-3-7(11)4-8(12)9(6)13/h3-5H,2H2,1H3,(H,14,15). The molecule has 2 nitrogen and oxygen atoms in total. The van der Waals surface area contributed by atoms with Crippen molar-refractivity contribution in [3.05, 3.63) is 34.4 Å². The van der Waals surface area contributed by atoms with Crippen LogP contribution in [0.5, 0.6) is 0 Å². The zero-order valence-corrected chi connectivity index (χ0v) is 8.68. The fourth-order valence-electron chi connectivity index (χ4n) is 1.17. The van der Waals surface area contributed by atoms with Crippen molar-refractivity contribution in [2.75, 3.05) is 0 Å². The maximum atomic E-state index is 13.2. The van der Waals surface area contributed by atoms with Crippen molar-refractivity contribution in [1.29, 1.82) is 0 Å². The lowest BCUT2D eigenvalue weighted by Gasteiger charge is -2.08. The van der Waals surface area contributed by atoms with Crippen molar-refractivity contribution >= 4 is 17.6 Å². The number of carboxylic acids is 1. The molecule has 0 heterocycles. The Kier molecular flexibility index (Phi) is 3.63. The summed E-state index contributed by atoms with van der Waals surface area (Å²) < 4.78 is 26.1. The second-order valence-corrected chi connectivity index (χ2v) is 3.74. The van der Waals surface area contributed by atoms with Crippen LogP contribution >= 0.6 is 11.6 Å². The van der Waals surface area contributed by atoms with Gasteiger partial charge < -0.3 is 5.11 Å². The van der Waals surface area contributed by atoms with E-state index in [0.717, 1.165) is 6.07 Å². The fraction of sp³-hybridized carbons (Fsp3) is 0.300. The Morgan fingerprint density at radius 1 is 1.53 bits per heavy atom. The Labute approximate surface area is 90.5 Å². The summed E-state index contributed by atoms with van der Waals surface area (Å²) in [5.74, 6) is -3.94. The van der Waals surface area contributed by atoms with Gasteiger partial charge in [0.1, 0.15) is 0 Å². The van der Waals surface area contributed by atoms with Gasteiger partial charge in [0.15, 0.2) is 11.6 Å². The molecule has 1 aromatic rings. The Morgan fingerprint density at radius 2 is 2.13 bits per heavy atom. The lowest BCUT2D eigenvalue weighted by atomic mass is 10.0. The van der Waals surface area contributed by atoms with Crippen molar-refractivity contribution in [2.45, 2.75) is 13.3 Å². The molecule has 0 radical (unpaired) electrons. The topological polar surface area (TPSA) is 37.3 Å². The molecule has 0 saturated carbocycles. The molecule has 0 amide bonds. The second-order valence-electron chi connectivity index (χ2n) is 3.30. The van der Waals surface area contributed by atoms with Gasteiger partial charge in [-0.2, -0.15) is 0 Å². The molecule has 0 bridgehead atoms. The highest BCUT2D eigenvalue weighted by molar-refractivity contribution is 6.30. The van der Waals surface area contributed by atoms with Crippen LogP contribution in [0.15, 0.2) is 12.1 Å². The maximum Gasteiger partial charge on any atom is 0.306 e. The Hall–Kier alpha value is -1.16. The predicted molar refractivity (Wildman–Crippen MR) is 51.9 cm³/mol. The van der Waals surface area contributed by atoms with E-state index in [9.17, 15) is 13.6 Å². The third-order valence-electron chi connectivity index (χ3n) is 2.02. The normalized spacial score (nSPS) is 12.5. The van der Waals surface area contributed by atoms with E-state index < -0.39 is 23.5 Å². The molecular formula is C10H9ClF2O2. The van der Waals surface area contributed by atoms with E-state index in [1.807, 2.05) is 0 Å². The molecule has 0 aliphatic carbocycles. The molecular weight excluding hydrogens is 226 g/mol. The number of rotatable bonds is 3. The first-order valence-electron chi connectivity index (χ1n) is 4.28. The van der Waals surface area contributed by atoms with E-state index in [-0.39, 0.29) is 17.0 Å². The number of carboxylic acid groups (broad SMARTS) is 1. The van der Waals surface area contributed by atoms with Crippen LogP contribution in [0.4, 0.5) is 8.78 Å². The van der Waals surface area contributed by atoms with Gasteiger partial charge in [-0.05, 0) is 24.1 Å². The summed E-state index contributed by atoms with van der Waals surface area (Å²) in [5, 5.41) is 8.68. The van der Waals surface area contributed by atoms with Crippen LogP contribution in [0.2, 0.25) is 5.02 Å². The van der Waals surface area contributed by atoms with Gasteiger partial charge in [-0.15, -0.1) is 0 Å². The highest BCUT2D eigenvalue weighted by atomic mass is 35.5. The van der Waals surface area contributed by atoms with E-state index >= 15 is 0 Å². The molecule has 0 aromatic heterocycles. The highest BCUT2D eigenvalue weighted by Crippen LogP contribution is 2.21. The van der Waals surface area contributed by atoms with Gasteiger partial charge in [0.25, 0.3) is 0 Å². The zero-order chi connectivity index (χ0) is 11.6. The molecule has 0 spiro atoms. The molecule has 0 fully saturated rings. The summed E-state index contributed by atoms with van der Waals surface area (Å²) in [6.45, 7) is 1.42. The van der Waals surface area contributed by atoms with E-state index in [0.29, 0.717) is 0 Å². The Morgan fingerprint density at radius 3 is 2.67 bits per heavy atom. The van der Waals surface area contributed by atoms with Crippen molar-refractivity contribution in [2.24, 2.45) is 5.92 Å². The SMILES string of the molecule is CC(Cc1cc(Cl)cc(F)c1F)C(=O)O. The zero-order valence-electron chi connectivity index (χ0n) is 7.93. The lowest BCUT2D eigenvalue weighted by Crippen LogP contribution is -2.13. The lowest BCUT2D eigenvalue weighted by molar-refractivity contribution is -0.141. The van der Waals surface area contributed by atoms with Gasteiger partial charge in [-0.3, -0.25) is 4.79 Å². The molecule has 15 heavy (non-hydrogen) atoms. The summed E-state index contributed by atoms with van der Waals surface area (Å²) in [6.07, 6.45) is -0.0847. The van der Waals surface area contributed by atoms with Gasteiger partial charge in [0.2, 0.25) is 0 Å². The minimum Gasteiger partial charge on any atom is -0.481 e. The first-order valence-corrected chi connectivity index (χ1v) is 4.66. The minimum absolute atomic E-state index is 0.0186. The summed E-state index contributed by atoms with van der Waals surface area (Å²) in [6, 6.07) is 2.09. The van der Waals surface area contributed by atoms with Gasteiger partial charge in [-0.1, -0.05) is 18.5 Å². The molecule has 0 saturated heterocycles. The smallest absolute Gasteiger partial charge is 0.306 e. The summed E-state index contributed by atoms with van der Waals surface area (Å²) in [4.78, 5) is 10.5. The first kappa shape index (κ1) is 11.9. The number of carbonyl (C=O) groups is 1. The maximum absolute atomic E-state index is 13.2. The number of halogens is 3. The summed E-state index contributed by atoms with van der Waals surface area (Å²) >= 11 is 5.53. The van der Waals surface area contributed by atoms with Crippen molar-refractivity contribution in [1.82, 2.24) is 0 Å². The van der Waals surface area contributed by atoms with Gasteiger partial charge in [0, 0.05) is 5.02 Å². The average molecular weight is 235 g/mol. The van der Waals surface area contributed by atoms with Crippen LogP contribution in [0.3, 0.4) is 0 Å². The van der Waals surface area contributed by atoms with Crippen LogP contribution in [0.1, 0.15) is 12.5 Å². The number of hydrogen-bond donors (Lipinski definition) is 1. The van der Waals surface area contributed by atoms with Crippen molar-refractivity contribution in [3.8, 4) is 0 Å². The molecule has 1 N–H and O–H groups in total. The molecule has 82 valence electrons. The first-order chi connectivity index (χ1) is 6.91. The molecule has 1 atom stereocenters. The van der Waals surface area contributed by atoms with Crippen LogP contribution in [0.25, 0.3) is 0 Å². The van der Waals surface area contributed by atoms with Crippen molar-refractivity contribution in [3.63, 3.8) is 0 Å². The van der Waals surface area contributed by atoms with Gasteiger partial charge in [0.05, 0.1) is 5.92 Å². The van der Waals surface area contributed by atoms with Crippen LogP contribution in [0, 0.1) is 17.6 Å². The monoisotopic (exact) mass is 234 g/mol. The Bertz CT molecular complexity index is 393. The third-order valence-corrected chi connectivity index (χ3v) is 2.23. The minimum atomic E-state index is -1.06. The fourth-order valence-corrected chi connectivity index (χ4v) is 1.40. The Balaban J connectivity index is 2.99. The number of aliphatic carboxylic acids is 1. The van der Waals surface area contributed by atoms with E-state index in [1.54, 1.807) is 0 Å². The van der Waals surface area contributed by atoms with Gasteiger partial charge >= 0.3 is 5.97 Å². The predicted octanol–water partition coefficient (Wildman–Crippen LogP) is 2.88. The molecule has 0 aliphatic rings. The quantitative estimate of drug-likeness (QED) is 0.817. The molecule has 1 unspecified atom stereocenters.